The Labute approximate surface area is 120 Å². The van der Waals surface area contributed by atoms with Crippen molar-refractivity contribution in [2.45, 2.75) is 13.0 Å². The first kappa shape index (κ1) is 14.7. The van der Waals surface area contributed by atoms with Crippen molar-refractivity contribution in [2.75, 3.05) is 7.11 Å². The van der Waals surface area contributed by atoms with Crippen LogP contribution in [0.15, 0.2) is 36.5 Å². The van der Waals surface area contributed by atoms with E-state index in [4.69, 9.17) is 9.47 Å². The highest BCUT2D eigenvalue weighted by Crippen LogP contribution is 2.34. The second-order valence-corrected chi connectivity index (χ2v) is 4.27. The molecule has 0 aliphatic rings. The van der Waals surface area contributed by atoms with Gasteiger partial charge >= 0.3 is 5.69 Å². The number of benzene rings is 1. The number of aliphatic hydroxyl groups is 1. The van der Waals surface area contributed by atoms with Crippen molar-refractivity contribution in [3.63, 3.8) is 0 Å². The monoisotopic (exact) mass is 290 g/mol. The molecular formula is C14H14N2O5. The van der Waals surface area contributed by atoms with E-state index in [0.717, 1.165) is 0 Å². The van der Waals surface area contributed by atoms with Crippen LogP contribution >= 0.6 is 0 Å². The minimum Gasteiger partial charge on any atom is -0.490 e. The van der Waals surface area contributed by atoms with Crippen molar-refractivity contribution in [2.24, 2.45) is 0 Å². The van der Waals surface area contributed by atoms with E-state index in [1.54, 1.807) is 19.1 Å². The van der Waals surface area contributed by atoms with Crippen molar-refractivity contribution in [1.82, 2.24) is 4.98 Å². The summed E-state index contributed by atoms with van der Waals surface area (Å²) in [6, 6.07) is 7.57. The van der Waals surface area contributed by atoms with Crippen LogP contribution in [0.1, 0.15) is 18.6 Å². The Morgan fingerprint density at radius 2 is 2.14 bits per heavy atom. The molecule has 0 saturated carbocycles. The lowest BCUT2D eigenvalue weighted by Gasteiger charge is -2.12. The number of aliphatic hydroxyl groups excluding tert-OH is 1. The maximum Gasteiger partial charge on any atom is 0.314 e. The van der Waals surface area contributed by atoms with Gasteiger partial charge in [-0.25, -0.2) is 4.98 Å². The number of pyridine rings is 1. The molecular weight excluding hydrogens is 276 g/mol. The van der Waals surface area contributed by atoms with E-state index in [0.29, 0.717) is 5.56 Å². The maximum atomic E-state index is 11.0. The molecule has 1 heterocycles. The van der Waals surface area contributed by atoms with Crippen LogP contribution in [-0.2, 0) is 0 Å². The quantitative estimate of drug-likeness (QED) is 0.672. The molecule has 7 heteroatoms. The molecule has 1 aromatic carbocycles. The van der Waals surface area contributed by atoms with Gasteiger partial charge in [-0.1, -0.05) is 0 Å². The third-order valence-electron chi connectivity index (χ3n) is 2.81. The molecule has 0 bridgehead atoms. The number of rotatable bonds is 5. The molecule has 1 N–H and O–H groups in total. The summed E-state index contributed by atoms with van der Waals surface area (Å²) in [7, 11) is 1.35. The second kappa shape index (κ2) is 6.19. The molecule has 2 aromatic rings. The van der Waals surface area contributed by atoms with Crippen LogP contribution in [0.25, 0.3) is 0 Å². The standard InChI is InChI=1S/C14H14N2O5/c1-9(17)11-4-3-7-15-14(11)21-10-5-6-13(20-2)12(8-10)16(18)19/h3-9,17H,1-2H3/t9-/m0/s1. The minimum atomic E-state index is -0.762. The Kier molecular flexibility index (Phi) is 4.34. The maximum absolute atomic E-state index is 11.0. The summed E-state index contributed by atoms with van der Waals surface area (Å²) in [6.07, 6.45) is 0.751. The van der Waals surface area contributed by atoms with Crippen LogP contribution < -0.4 is 9.47 Å². The molecule has 0 fully saturated rings. The largest absolute Gasteiger partial charge is 0.490 e. The number of hydrogen-bond acceptors (Lipinski definition) is 6. The summed E-state index contributed by atoms with van der Waals surface area (Å²) in [6.45, 7) is 1.58. The van der Waals surface area contributed by atoms with Gasteiger partial charge in [0.2, 0.25) is 5.88 Å². The average Bonchev–Trinajstić information content (AvgIpc) is 2.47. The summed E-state index contributed by atoms with van der Waals surface area (Å²) in [5, 5.41) is 20.6. The third kappa shape index (κ3) is 3.26. The molecule has 0 spiro atoms. The molecule has 21 heavy (non-hydrogen) atoms. The van der Waals surface area contributed by atoms with Crippen LogP contribution in [0.3, 0.4) is 0 Å². The van der Waals surface area contributed by atoms with E-state index < -0.39 is 11.0 Å². The summed E-state index contributed by atoms with van der Waals surface area (Å²) >= 11 is 0. The lowest BCUT2D eigenvalue weighted by Crippen LogP contribution is -1.99. The minimum absolute atomic E-state index is 0.143. The van der Waals surface area contributed by atoms with Crippen LogP contribution in [0.2, 0.25) is 0 Å². The predicted molar refractivity (Wildman–Crippen MR) is 74.6 cm³/mol. The second-order valence-electron chi connectivity index (χ2n) is 4.27. The number of nitrogens with zero attached hydrogens (tertiary/aromatic N) is 2. The van der Waals surface area contributed by atoms with E-state index in [2.05, 4.69) is 4.98 Å². The SMILES string of the molecule is COc1ccc(Oc2ncccc2[C@H](C)O)cc1[N+](=O)[O-]. The Balaban J connectivity index is 2.37. The number of ether oxygens (including phenoxy) is 2. The molecule has 0 saturated heterocycles. The molecule has 0 aliphatic heterocycles. The van der Waals surface area contributed by atoms with Crippen molar-refractivity contribution in [3.05, 3.63) is 52.2 Å². The van der Waals surface area contributed by atoms with Gasteiger partial charge in [0.1, 0.15) is 5.75 Å². The van der Waals surface area contributed by atoms with Gasteiger partial charge in [0, 0.05) is 11.8 Å². The zero-order chi connectivity index (χ0) is 15.4. The van der Waals surface area contributed by atoms with Gasteiger partial charge in [-0.05, 0) is 31.2 Å². The molecule has 7 nitrogen and oxygen atoms in total. The topological polar surface area (TPSA) is 94.7 Å². The zero-order valence-electron chi connectivity index (χ0n) is 11.5. The van der Waals surface area contributed by atoms with Gasteiger partial charge < -0.3 is 14.6 Å². The Morgan fingerprint density at radius 3 is 2.76 bits per heavy atom. The van der Waals surface area contributed by atoms with Crippen LogP contribution in [0.5, 0.6) is 17.4 Å². The molecule has 2 rings (SSSR count). The van der Waals surface area contributed by atoms with Crippen molar-refractivity contribution in [3.8, 4) is 17.4 Å². The molecule has 1 aromatic heterocycles. The van der Waals surface area contributed by atoms with Gasteiger partial charge in [0.25, 0.3) is 0 Å². The Bertz CT molecular complexity index is 658. The summed E-state index contributed by atoms with van der Waals surface area (Å²) < 4.78 is 10.5. The Morgan fingerprint density at radius 1 is 1.38 bits per heavy atom. The molecule has 1 atom stereocenters. The van der Waals surface area contributed by atoms with E-state index in [1.165, 1.54) is 31.5 Å². The highest BCUT2D eigenvalue weighted by Gasteiger charge is 2.17. The van der Waals surface area contributed by atoms with Crippen molar-refractivity contribution >= 4 is 5.69 Å². The van der Waals surface area contributed by atoms with Crippen LogP contribution in [0.4, 0.5) is 5.69 Å². The van der Waals surface area contributed by atoms with Crippen LogP contribution in [0, 0.1) is 10.1 Å². The van der Waals surface area contributed by atoms with Gasteiger partial charge in [0.15, 0.2) is 5.75 Å². The molecule has 110 valence electrons. The van der Waals surface area contributed by atoms with E-state index in [-0.39, 0.29) is 23.1 Å². The van der Waals surface area contributed by atoms with Crippen LogP contribution in [-0.4, -0.2) is 22.1 Å². The number of nitro groups is 1. The van der Waals surface area contributed by atoms with Gasteiger partial charge in [0.05, 0.1) is 24.2 Å². The normalized spacial score (nSPS) is 11.8. The van der Waals surface area contributed by atoms with Crippen molar-refractivity contribution in [1.29, 1.82) is 0 Å². The highest BCUT2D eigenvalue weighted by atomic mass is 16.6. The lowest BCUT2D eigenvalue weighted by molar-refractivity contribution is -0.385. The lowest BCUT2D eigenvalue weighted by atomic mass is 10.2. The smallest absolute Gasteiger partial charge is 0.314 e. The number of methoxy groups -OCH3 is 1. The first-order chi connectivity index (χ1) is 10.0. The average molecular weight is 290 g/mol. The first-order valence-corrected chi connectivity index (χ1v) is 6.16. The number of aromatic nitrogens is 1. The summed E-state index contributed by atoms with van der Waals surface area (Å²) in [4.78, 5) is 14.4. The zero-order valence-corrected chi connectivity index (χ0v) is 11.5. The fraction of sp³-hybridized carbons (Fsp3) is 0.214. The number of nitro benzene ring substituents is 1. The fourth-order valence-electron chi connectivity index (χ4n) is 1.79. The fourth-order valence-corrected chi connectivity index (χ4v) is 1.79. The van der Waals surface area contributed by atoms with Gasteiger partial charge in [-0.3, -0.25) is 10.1 Å². The molecule has 0 radical (unpaired) electrons. The van der Waals surface area contributed by atoms with E-state index in [1.807, 2.05) is 0 Å². The molecule has 0 unspecified atom stereocenters. The number of hydrogen-bond donors (Lipinski definition) is 1. The molecule has 0 amide bonds. The summed E-state index contributed by atoms with van der Waals surface area (Å²) in [5.41, 5.74) is 0.292. The molecule has 0 aliphatic carbocycles. The highest BCUT2D eigenvalue weighted by molar-refractivity contribution is 5.51. The van der Waals surface area contributed by atoms with Crippen molar-refractivity contribution < 1.29 is 19.5 Å². The third-order valence-corrected chi connectivity index (χ3v) is 2.81. The predicted octanol–water partition coefficient (Wildman–Crippen LogP) is 2.84. The Hall–Kier alpha value is -2.67. The van der Waals surface area contributed by atoms with Gasteiger partial charge in [-0.2, -0.15) is 0 Å². The first-order valence-electron chi connectivity index (χ1n) is 6.16. The van der Waals surface area contributed by atoms with E-state index in [9.17, 15) is 15.2 Å². The summed E-state index contributed by atoms with van der Waals surface area (Å²) in [5.74, 6) is 0.583. The van der Waals surface area contributed by atoms with Gasteiger partial charge in [-0.15, -0.1) is 0 Å². The van der Waals surface area contributed by atoms with E-state index >= 15 is 0 Å².